The second kappa shape index (κ2) is 6.12. The van der Waals surface area contributed by atoms with E-state index in [2.05, 4.69) is 5.32 Å². The van der Waals surface area contributed by atoms with E-state index in [0.29, 0.717) is 5.56 Å². The molecule has 0 bridgehead atoms. The highest BCUT2D eigenvalue weighted by Gasteiger charge is 2.34. The minimum atomic E-state index is -4.52. The third kappa shape index (κ3) is 3.80. The van der Waals surface area contributed by atoms with Crippen LogP contribution in [-0.4, -0.2) is 0 Å². The number of rotatable bonds is 3. The van der Waals surface area contributed by atoms with Crippen LogP contribution in [0.2, 0.25) is 10.0 Å². The molecule has 0 heterocycles. The van der Waals surface area contributed by atoms with Crippen molar-refractivity contribution < 1.29 is 17.6 Å². The number of hydrogen-bond donors (Lipinski definition) is 1. The Morgan fingerprint density at radius 2 is 1.71 bits per heavy atom. The molecule has 0 radical (unpaired) electrons. The quantitative estimate of drug-likeness (QED) is 0.701. The highest BCUT2D eigenvalue weighted by atomic mass is 35.5. The zero-order valence-corrected chi connectivity index (χ0v) is 12.0. The number of para-hydroxylation sites is 1. The molecule has 0 aromatic heterocycles. The van der Waals surface area contributed by atoms with Crippen molar-refractivity contribution in [1.29, 1.82) is 0 Å². The Morgan fingerprint density at radius 3 is 2.33 bits per heavy atom. The van der Waals surface area contributed by atoms with E-state index in [0.717, 1.165) is 12.1 Å². The van der Waals surface area contributed by atoms with E-state index in [1.54, 1.807) is 0 Å². The molecule has 21 heavy (non-hydrogen) atoms. The van der Waals surface area contributed by atoms with E-state index in [1.165, 1.54) is 24.3 Å². The minimum absolute atomic E-state index is 0.0345. The maximum absolute atomic E-state index is 13.0. The van der Waals surface area contributed by atoms with Gasteiger partial charge in [-0.15, -0.1) is 0 Å². The summed E-state index contributed by atoms with van der Waals surface area (Å²) in [6.45, 7) is 0.0345. The van der Waals surface area contributed by atoms with E-state index >= 15 is 0 Å². The largest absolute Gasteiger partial charge is 0.418 e. The number of hydrogen-bond acceptors (Lipinski definition) is 1. The van der Waals surface area contributed by atoms with Gasteiger partial charge in [0.1, 0.15) is 5.82 Å². The molecule has 0 aliphatic rings. The fourth-order valence-electron chi connectivity index (χ4n) is 1.78. The average molecular weight is 338 g/mol. The summed E-state index contributed by atoms with van der Waals surface area (Å²) in [5, 5.41) is 2.48. The molecule has 1 nitrogen and oxygen atoms in total. The smallest absolute Gasteiger partial charge is 0.379 e. The van der Waals surface area contributed by atoms with Gasteiger partial charge in [-0.1, -0.05) is 35.3 Å². The molecule has 2 rings (SSSR count). The average Bonchev–Trinajstić information content (AvgIpc) is 2.40. The summed E-state index contributed by atoms with van der Waals surface area (Å²) >= 11 is 11.4. The lowest BCUT2D eigenvalue weighted by atomic mass is 10.1. The fraction of sp³-hybridized carbons (Fsp3) is 0.143. The topological polar surface area (TPSA) is 12.0 Å². The number of halogens is 6. The van der Waals surface area contributed by atoms with Crippen molar-refractivity contribution in [3.63, 3.8) is 0 Å². The Morgan fingerprint density at radius 1 is 1.00 bits per heavy atom. The number of alkyl halides is 3. The predicted octanol–water partition coefficient (Wildman–Crippen LogP) is 5.76. The van der Waals surface area contributed by atoms with Crippen LogP contribution >= 0.6 is 23.2 Å². The maximum atomic E-state index is 13.0. The summed E-state index contributed by atoms with van der Waals surface area (Å²) in [5.41, 5.74) is -0.537. The van der Waals surface area contributed by atoms with Gasteiger partial charge in [-0.3, -0.25) is 0 Å². The Bertz CT molecular complexity index is 656. The lowest BCUT2D eigenvalue weighted by Gasteiger charge is -2.16. The first kappa shape index (κ1) is 15.9. The Kier molecular flexibility index (Phi) is 4.64. The number of benzene rings is 2. The van der Waals surface area contributed by atoms with Crippen LogP contribution in [-0.2, 0) is 12.7 Å². The van der Waals surface area contributed by atoms with Crippen molar-refractivity contribution in [2.75, 3.05) is 5.32 Å². The van der Waals surface area contributed by atoms with Gasteiger partial charge in [-0.05, 0) is 29.8 Å². The maximum Gasteiger partial charge on any atom is 0.418 e. The molecular formula is C14H9Cl2F4N. The molecule has 0 atom stereocenters. The molecule has 2 aromatic rings. The van der Waals surface area contributed by atoms with Crippen molar-refractivity contribution in [3.05, 3.63) is 63.4 Å². The molecule has 0 aliphatic heterocycles. The SMILES string of the molecule is Fc1ccc(CNc2c(Cl)cccc2C(F)(F)F)cc1Cl. The van der Waals surface area contributed by atoms with Crippen LogP contribution in [0.5, 0.6) is 0 Å². The van der Waals surface area contributed by atoms with Crippen molar-refractivity contribution >= 4 is 28.9 Å². The van der Waals surface area contributed by atoms with Crippen LogP contribution in [0, 0.1) is 5.82 Å². The lowest BCUT2D eigenvalue weighted by molar-refractivity contribution is -0.136. The van der Waals surface area contributed by atoms with E-state index in [-0.39, 0.29) is 22.3 Å². The summed E-state index contributed by atoms with van der Waals surface area (Å²) in [5.74, 6) is -0.589. The van der Waals surface area contributed by atoms with Crippen molar-refractivity contribution in [1.82, 2.24) is 0 Å². The second-order valence-corrected chi connectivity index (χ2v) is 5.08. The van der Waals surface area contributed by atoms with Gasteiger partial charge in [0.25, 0.3) is 0 Å². The summed E-state index contributed by atoms with van der Waals surface area (Å²) in [6, 6.07) is 7.44. The van der Waals surface area contributed by atoms with E-state index in [1.807, 2.05) is 0 Å². The monoisotopic (exact) mass is 337 g/mol. The van der Waals surface area contributed by atoms with Gasteiger partial charge in [0, 0.05) is 6.54 Å². The van der Waals surface area contributed by atoms with Gasteiger partial charge in [-0.2, -0.15) is 13.2 Å². The summed E-state index contributed by atoms with van der Waals surface area (Å²) in [4.78, 5) is 0. The molecule has 0 amide bonds. The molecule has 2 aromatic carbocycles. The highest BCUT2D eigenvalue weighted by Crippen LogP contribution is 2.38. The van der Waals surface area contributed by atoms with E-state index < -0.39 is 17.6 Å². The van der Waals surface area contributed by atoms with Crippen LogP contribution in [0.1, 0.15) is 11.1 Å². The van der Waals surface area contributed by atoms with Crippen LogP contribution in [0.3, 0.4) is 0 Å². The summed E-state index contributed by atoms with van der Waals surface area (Å²) in [7, 11) is 0. The highest BCUT2D eigenvalue weighted by molar-refractivity contribution is 6.33. The number of nitrogens with one attached hydrogen (secondary N) is 1. The number of anilines is 1. The van der Waals surface area contributed by atoms with Crippen LogP contribution in [0.25, 0.3) is 0 Å². The van der Waals surface area contributed by atoms with Crippen molar-refractivity contribution in [3.8, 4) is 0 Å². The predicted molar refractivity (Wildman–Crippen MR) is 75.2 cm³/mol. The molecule has 112 valence electrons. The molecule has 0 saturated heterocycles. The molecule has 7 heteroatoms. The summed E-state index contributed by atoms with van der Waals surface area (Å²) < 4.78 is 51.7. The molecule has 0 aliphatic carbocycles. The van der Waals surface area contributed by atoms with E-state index in [9.17, 15) is 17.6 Å². The van der Waals surface area contributed by atoms with Gasteiger partial charge >= 0.3 is 6.18 Å². The summed E-state index contributed by atoms with van der Waals surface area (Å²) in [6.07, 6.45) is -4.52. The molecule has 1 N–H and O–H groups in total. The first-order chi connectivity index (χ1) is 9.79. The van der Waals surface area contributed by atoms with Crippen molar-refractivity contribution in [2.45, 2.75) is 12.7 Å². The lowest BCUT2D eigenvalue weighted by Crippen LogP contribution is -2.11. The van der Waals surface area contributed by atoms with Gasteiger partial charge < -0.3 is 5.32 Å². The standard InChI is InChI=1S/C14H9Cl2F4N/c15-10-3-1-2-9(14(18,19)20)13(10)21-7-8-4-5-12(17)11(16)6-8/h1-6,21H,7H2. The normalized spacial score (nSPS) is 11.5. The third-order valence-electron chi connectivity index (χ3n) is 2.77. The zero-order chi connectivity index (χ0) is 15.6. The van der Waals surface area contributed by atoms with Crippen LogP contribution < -0.4 is 5.32 Å². The van der Waals surface area contributed by atoms with Crippen LogP contribution in [0.4, 0.5) is 23.2 Å². The molecule has 0 spiro atoms. The molecule has 0 unspecified atom stereocenters. The van der Waals surface area contributed by atoms with Crippen LogP contribution in [0.15, 0.2) is 36.4 Å². The first-order valence-electron chi connectivity index (χ1n) is 5.82. The fourth-order valence-corrected chi connectivity index (χ4v) is 2.22. The van der Waals surface area contributed by atoms with Gasteiger partial charge in [0.2, 0.25) is 0 Å². The molecule has 0 fully saturated rings. The molecular weight excluding hydrogens is 329 g/mol. The van der Waals surface area contributed by atoms with Gasteiger partial charge in [0.05, 0.1) is 21.3 Å². The third-order valence-corrected chi connectivity index (χ3v) is 3.38. The second-order valence-electron chi connectivity index (χ2n) is 4.26. The Labute approximate surface area is 128 Å². The van der Waals surface area contributed by atoms with E-state index in [4.69, 9.17) is 23.2 Å². The molecule has 0 saturated carbocycles. The van der Waals surface area contributed by atoms with Crippen molar-refractivity contribution in [2.24, 2.45) is 0 Å². The van der Waals surface area contributed by atoms with Gasteiger partial charge in [0.15, 0.2) is 0 Å². The minimum Gasteiger partial charge on any atom is -0.379 e. The first-order valence-corrected chi connectivity index (χ1v) is 6.58. The Hall–Kier alpha value is -1.46. The zero-order valence-electron chi connectivity index (χ0n) is 10.4. The van der Waals surface area contributed by atoms with Gasteiger partial charge in [-0.25, -0.2) is 4.39 Å². The Balaban J connectivity index is 2.25.